The van der Waals surface area contributed by atoms with Crippen LogP contribution < -0.4 is 10.6 Å². The van der Waals surface area contributed by atoms with E-state index in [1.165, 1.54) is 11.3 Å². The highest BCUT2D eigenvalue weighted by molar-refractivity contribution is 9.10. The van der Waals surface area contributed by atoms with Crippen molar-refractivity contribution in [3.63, 3.8) is 0 Å². The Morgan fingerprint density at radius 1 is 1.22 bits per heavy atom. The number of thiocarbonyl (C=S) groups is 1. The number of hydrogen-bond acceptors (Lipinski definition) is 2. The van der Waals surface area contributed by atoms with Crippen molar-refractivity contribution in [3.05, 3.63) is 28.7 Å². The van der Waals surface area contributed by atoms with E-state index in [0.29, 0.717) is 0 Å². The second kappa shape index (κ2) is 9.64. The zero-order chi connectivity index (χ0) is 13.2. The predicted octanol–water partition coefficient (Wildman–Crippen LogP) is 3.81. The molecule has 0 heterocycles. The number of thioether (sulfide) groups is 1. The van der Waals surface area contributed by atoms with Gasteiger partial charge in [0.15, 0.2) is 5.11 Å². The first-order valence-corrected chi connectivity index (χ1v) is 8.31. The van der Waals surface area contributed by atoms with Crippen molar-refractivity contribution in [3.8, 4) is 0 Å². The molecule has 1 aromatic rings. The van der Waals surface area contributed by atoms with Gasteiger partial charge in [0.1, 0.15) is 0 Å². The van der Waals surface area contributed by atoms with E-state index in [0.717, 1.165) is 34.8 Å². The van der Waals surface area contributed by atoms with Gasteiger partial charge in [0, 0.05) is 28.2 Å². The fraction of sp³-hybridized carbons (Fsp3) is 0.462. The molecule has 0 radical (unpaired) electrons. The molecule has 2 N–H and O–H groups in total. The highest BCUT2D eigenvalue weighted by atomic mass is 79.9. The molecule has 5 heteroatoms. The third-order valence-electron chi connectivity index (χ3n) is 2.29. The smallest absolute Gasteiger partial charge is 0.166 e. The molecule has 0 aliphatic heterocycles. The summed E-state index contributed by atoms with van der Waals surface area (Å²) < 4.78 is 1.12. The van der Waals surface area contributed by atoms with E-state index in [-0.39, 0.29) is 0 Å². The molecule has 2 nitrogen and oxygen atoms in total. The molecule has 0 bridgehead atoms. The Morgan fingerprint density at radius 3 is 2.56 bits per heavy atom. The lowest BCUT2D eigenvalue weighted by Gasteiger charge is -2.09. The molecule has 0 saturated carbocycles. The summed E-state index contributed by atoms with van der Waals surface area (Å²) in [5.74, 6) is 1.01. The minimum Gasteiger partial charge on any atom is -0.363 e. The number of rotatable bonds is 7. The first-order chi connectivity index (χ1) is 8.72. The first kappa shape index (κ1) is 15.8. The lowest BCUT2D eigenvalue weighted by atomic mass is 10.3. The molecule has 18 heavy (non-hydrogen) atoms. The Bertz CT molecular complexity index is 355. The summed E-state index contributed by atoms with van der Waals surface area (Å²) in [6.07, 6.45) is 2.35. The van der Waals surface area contributed by atoms with Crippen LogP contribution >= 0.6 is 39.9 Å². The molecular formula is C13H19BrN2S2. The normalized spacial score (nSPS) is 10.1. The van der Waals surface area contributed by atoms with Crippen molar-refractivity contribution >= 4 is 45.0 Å². The lowest BCUT2D eigenvalue weighted by Crippen LogP contribution is -2.36. The highest BCUT2D eigenvalue weighted by Crippen LogP contribution is 2.19. The highest BCUT2D eigenvalue weighted by Gasteiger charge is 1.96. The number of halogens is 1. The van der Waals surface area contributed by atoms with Crippen LogP contribution in [0.4, 0.5) is 0 Å². The van der Waals surface area contributed by atoms with E-state index in [1.54, 1.807) is 0 Å². The van der Waals surface area contributed by atoms with Gasteiger partial charge in [0.2, 0.25) is 0 Å². The predicted molar refractivity (Wildman–Crippen MR) is 88.4 cm³/mol. The second-order valence-corrected chi connectivity index (χ2v) is 6.33. The standard InChI is InChI=1S/C13H19BrN2S2/c1-2-3-8-15-13(17)16-9-10-18-12-6-4-11(14)5-7-12/h4-7H,2-3,8-10H2,1H3,(H2,15,16,17). The summed E-state index contributed by atoms with van der Waals surface area (Å²) in [6.45, 7) is 4.02. The number of nitrogens with one attached hydrogen (secondary N) is 2. The van der Waals surface area contributed by atoms with Crippen LogP contribution in [0.5, 0.6) is 0 Å². The van der Waals surface area contributed by atoms with Crippen molar-refractivity contribution in [2.75, 3.05) is 18.8 Å². The minimum absolute atomic E-state index is 0.764. The maximum Gasteiger partial charge on any atom is 0.166 e. The fourth-order valence-corrected chi connectivity index (χ4v) is 2.54. The van der Waals surface area contributed by atoms with Gasteiger partial charge in [-0.05, 0) is 42.9 Å². The zero-order valence-electron chi connectivity index (χ0n) is 10.5. The van der Waals surface area contributed by atoms with E-state index in [1.807, 2.05) is 11.8 Å². The van der Waals surface area contributed by atoms with Crippen LogP contribution in [0.25, 0.3) is 0 Å². The summed E-state index contributed by atoms with van der Waals surface area (Å²) in [4.78, 5) is 1.28. The van der Waals surface area contributed by atoms with Crippen molar-refractivity contribution in [1.29, 1.82) is 0 Å². The topological polar surface area (TPSA) is 24.1 Å². The molecule has 0 amide bonds. The van der Waals surface area contributed by atoms with E-state index < -0.39 is 0 Å². The van der Waals surface area contributed by atoms with Crippen LogP contribution in [0.2, 0.25) is 0 Å². The van der Waals surface area contributed by atoms with Crippen LogP contribution in [-0.4, -0.2) is 24.0 Å². The van der Waals surface area contributed by atoms with Crippen molar-refractivity contribution in [2.45, 2.75) is 24.7 Å². The third kappa shape index (κ3) is 7.24. The molecule has 1 rings (SSSR count). The molecule has 0 saturated heterocycles. The maximum absolute atomic E-state index is 5.18. The molecule has 100 valence electrons. The zero-order valence-corrected chi connectivity index (χ0v) is 13.8. The lowest BCUT2D eigenvalue weighted by molar-refractivity contribution is 0.743. The fourth-order valence-electron chi connectivity index (χ4n) is 1.31. The molecule has 1 aromatic carbocycles. The molecular weight excluding hydrogens is 328 g/mol. The number of benzene rings is 1. The van der Waals surface area contributed by atoms with Gasteiger partial charge in [-0.15, -0.1) is 11.8 Å². The maximum atomic E-state index is 5.18. The van der Waals surface area contributed by atoms with Crippen LogP contribution in [0.3, 0.4) is 0 Å². The molecule has 0 aliphatic carbocycles. The average molecular weight is 347 g/mol. The Hall–Kier alpha value is -0.260. The van der Waals surface area contributed by atoms with Crippen molar-refractivity contribution in [1.82, 2.24) is 10.6 Å². The molecule has 0 unspecified atom stereocenters. The monoisotopic (exact) mass is 346 g/mol. The Balaban J connectivity index is 2.07. The van der Waals surface area contributed by atoms with E-state index >= 15 is 0 Å². The Kier molecular flexibility index (Phi) is 8.46. The Morgan fingerprint density at radius 2 is 1.89 bits per heavy atom. The SMILES string of the molecule is CCCCNC(=S)NCCSc1ccc(Br)cc1. The van der Waals surface area contributed by atoms with Crippen LogP contribution in [0.15, 0.2) is 33.6 Å². The van der Waals surface area contributed by atoms with E-state index in [2.05, 4.69) is 57.8 Å². The van der Waals surface area contributed by atoms with Gasteiger partial charge >= 0.3 is 0 Å². The van der Waals surface area contributed by atoms with Gasteiger partial charge in [-0.25, -0.2) is 0 Å². The summed E-state index contributed by atoms with van der Waals surface area (Å²) in [5.41, 5.74) is 0. The van der Waals surface area contributed by atoms with Gasteiger partial charge in [0.05, 0.1) is 0 Å². The van der Waals surface area contributed by atoms with Gasteiger partial charge in [-0.3, -0.25) is 0 Å². The first-order valence-electron chi connectivity index (χ1n) is 6.12. The van der Waals surface area contributed by atoms with Crippen molar-refractivity contribution in [2.24, 2.45) is 0 Å². The van der Waals surface area contributed by atoms with Crippen LogP contribution in [-0.2, 0) is 0 Å². The second-order valence-electron chi connectivity index (χ2n) is 3.84. The summed E-state index contributed by atoms with van der Waals surface area (Å²) in [6, 6.07) is 8.36. The molecule has 0 spiro atoms. The van der Waals surface area contributed by atoms with Crippen LogP contribution in [0.1, 0.15) is 19.8 Å². The quantitative estimate of drug-likeness (QED) is 0.445. The summed E-state index contributed by atoms with van der Waals surface area (Å²) >= 11 is 10.4. The van der Waals surface area contributed by atoms with E-state index in [9.17, 15) is 0 Å². The molecule has 0 aromatic heterocycles. The number of unbranched alkanes of at least 4 members (excludes halogenated alkanes) is 1. The van der Waals surface area contributed by atoms with Gasteiger partial charge in [-0.2, -0.15) is 0 Å². The Labute approximate surface area is 127 Å². The molecule has 0 atom stereocenters. The minimum atomic E-state index is 0.764. The number of hydrogen-bond donors (Lipinski definition) is 2. The molecule has 0 aliphatic rings. The van der Waals surface area contributed by atoms with E-state index in [4.69, 9.17) is 12.2 Å². The van der Waals surface area contributed by atoms with Gasteiger partial charge in [0.25, 0.3) is 0 Å². The summed E-state index contributed by atoms with van der Waals surface area (Å²) in [5, 5.41) is 7.17. The van der Waals surface area contributed by atoms with Gasteiger partial charge in [-0.1, -0.05) is 29.3 Å². The largest absolute Gasteiger partial charge is 0.363 e. The third-order valence-corrected chi connectivity index (χ3v) is 4.12. The van der Waals surface area contributed by atoms with Gasteiger partial charge < -0.3 is 10.6 Å². The van der Waals surface area contributed by atoms with Crippen LogP contribution in [0, 0.1) is 0 Å². The molecule has 0 fully saturated rings. The summed E-state index contributed by atoms with van der Waals surface area (Å²) in [7, 11) is 0. The average Bonchev–Trinajstić information content (AvgIpc) is 2.37. The van der Waals surface area contributed by atoms with Crippen molar-refractivity contribution < 1.29 is 0 Å².